The van der Waals surface area contributed by atoms with Gasteiger partial charge in [-0.3, -0.25) is 19.3 Å². The van der Waals surface area contributed by atoms with E-state index in [1.54, 1.807) is 74.3 Å². The predicted molar refractivity (Wildman–Crippen MR) is 282 cm³/mol. The van der Waals surface area contributed by atoms with Crippen LogP contribution < -0.4 is 5.32 Å². The molecule has 0 aliphatic carbocycles. The number of methoxy groups -OCH3 is 4. The van der Waals surface area contributed by atoms with E-state index >= 15 is 4.79 Å². The highest BCUT2D eigenvalue weighted by molar-refractivity contribution is 7.90. The summed E-state index contributed by atoms with van der Waals surface area (Å²) in [6.45, 7) is 16.9. The lowest BCUT2D eigenvalue weighted by Crippen LogP contribution is -2.62. The van der Waals surface area contributed by atoms with Crippen molar-refractivity contribution in [2.45, 2.75) is 203 Å². The second-order valence-corrected chi connectivity index (χ2v) is 24.8. The number of aliphatic hydroxyl groups is 2. The Morgan fingerprint density at radius 3 is 2.14 bits per heavy atom. The summed E-state index contributed by atoms with van der Waals surface area (Å²) in [7, 11) is 4.09. The molecule has 4 heterocycles. The fraction of sp³-hybridized carbons (Fsp3) is 0.818. The summed E-state index contributed by atoms with van der Waals surface area (Å²) in [6, 6.07) is 3.18. The molecule has 23 heteroatoms. The molecule has 4 aliphatic heterocycles. The van der Waals surface area contributed by atoms with E-state index in [1.807, 2.05) is 6.92 Å². The van der Waals surface area contributed by atoms with Gasteiger partial charge in [-0.05, 0) is 85.5 Å². The number of hydrogen-bond acceptors (Lipinski definition) is 19. The van der Waals surface area contributed by atoms with E-state index < -0.39 is 154 Å². The average Bonchev–Trinajstić information content (AvgIpc) is 3.67. The molecule has 1 aromatic carbocycles. The second-order valence-electron chi connectivity index (χ2n) is 22.7. The van der Waals surface area contributed by atoms with Crippen LogP contribution in [-0.2, 0) is 71.6 Å². The minimum atomic E-state index is -3.48. The van der Waals surface area contributed by atoms with Crippen LogP contribution in [0, 0.1) is 23.7 Å². The van der Waals surface area contributed by atoms with Crippen molar-refractivity contribution in [1.82, 2.24) is 15.1 Å². The number of fused-ring (bicyclic) bond motifs is 1. The molecule has 0 bridgehead atoms. The first kappa shape index (κ1) is 65.4. The normalized spacial score (nSPS) is 38.2. The van der Waals surface area contributed by atoms with Gasteiger partial charge in [-0.2, -0.15) is 0 Å². The van der Waals surface area contributed by atoms with Crippen LogP contribution in [0.5, 0.6) is 0 Å². The lowest BCUT2D eigenvalue weighted by atomic mass is 9.73. The molecule has 78 heavy (non-hydrogen) atoms. The first-order valence-electron chi connectivity index (χ1n) is 27.2. The van der Waals surface area contributed by atoms with Gasteiger partial charge in [0, 0.05) is 84.4 Å². The molecule has 5 rings (SSSR count). The minimum Gasteiger partial charge on any atom is -0.458 e. The zero-order valence-corrected chi connectivity index (χ0v) is 49.4. The number of Topliss-reactive ketones (excluding diaryl/α,β-unsaturated/α-hetero) is 1. The number of carbonyl (C=O) groups excluding carboxylic acids is 4. The number of ether oxygens (including phenoxy) is 10. The van der Waals surface area contributed by atoms with E-state index in [4.69, 9.17) is 47.4 Å². The highest BCUT2D eigenvalue weighted by atomic mass is 32.2. The number of nitrogens with one attached hydrogen (secondary N) is 1. The molecular formula is C55H90FN3O18S. The zero-order chi connectivity index (χ0) is 58.4. The van der Waals surface area contributed by atoms with Crippen LogP contribution in [0.4, 0.5) is 9.18 Å². The van der Waals surface area contributed by atoms with E-state index in [9.17, 15) is 37.4 Å². The number of aliphatic hydroxyl groups excluding tert-OH is 2. The number of ketones is 1. The lowest BCUT2D eigenvalue weighted by Gasteiger charge is -2.50. The number of alkyl halides is 1. The summed E-state index contributed by atoms with van der Waals surface area (Å²) in [6.07, 6.45) is -9.35. The molecule has 4 aliphatic rings. The third kappa shape index (κ3) is 14.4. The van der Waals surface area contributed by atoms with Crippen molar-refractivity contribution in [3.05, 3.63) is 29.8 Å². The molecule has 21 nitrogen and oxygen atoms in total. The summed E-state index contributed by atoms with van der Waals surface area (Å²) in [5.74, 6) is -4.99. The van der Waals surface area contributed by atoms with Crippen LogP contribution in [-0.4, -0.2) is 211 Å². The van der Waals surface area contributed by atoms with Crippen LogP contribution in [0.15, 0.2) is 29.2 Å². The highest BCUT2D eigenvalue weighted by Gasteiger charge is 2.61. The van der Waals surface area contributed by atoms with Gasteiger partial charge in [-0.25, -0.2) is 17.6 Å². The molecule has 0 aromatic heterocycles. The standard InChI is InChI=1S/C55H90FN3O18S/c1-17-40-55(10)47(59(24-25-68-12)52(65)77-55)32(4)43(61)30(2)27-54(9,71-15)49(33(5)45(34(6)50(64)74-40)75-42-28-53(8,70-14)48(63)35(7)73-42)76-51-44(62)39(26-31(3)72-51)58(11)23-22-41(60)57-38(29-56)46(69-13)36-18-20-37(21-19-36)78(16,66)67/h18-21,30-35,38-40,42,44-49,51,62-63H,17,22-29H2,1-16H3,(H,57,60)/t30-,31-,32+,33+,34-,35+,38-,39+,40-,42+,44-,45+,46-,47?,48+,49-,51+,53?,54?,55?/m1/s1. The van der Waals surface area contributed by atoms with Gasteiger partial charge in [0.1, 0.15) is 36.9 Å². The maximum Gasteiger partial charge on any atom is 0.411 e. The molecule has 0 radical (unpaired) electrons. The van der Waals surface area contributed by atoms with Crippen LogP contribution in [0.2, 0.25) is 0 Å². The number of nitrogens with zero attached hydrogens (tertiary/aromatic N) is 2. The number of halogens is 1. The molecule has 4 saturated heterocycles. The second kappa shape index (κ2) is 27.1. The Morgan fingerprint density at radius 1 is 0.936 bits per heavy atom. The fourth-order valence-electron chi connectivity index (χ4n) is 12.3. The number of sulfone groups is 1. The molecule has 20 atom stereocenters. The maximum absolute atomic E-state index is 15.0. The molecule has 1 aromatic rings. The number of amides is 2. The van der Waals surface area contributed by atoms with Gasteiger partial charge < -0.3 is 67.8 Å². The number of esters is 1. The Kier molecular flexibility index (Phi) is 22.7. The summed E-state index contributed by atoms with van der Waals surface area (Å²) in [5.41, 5.74) is -3.53. The maximum atomic E-state index is 15.0. The lowest BCUT2D eigenvalue weighted by molar-refractivity contribution is -0.319. The van der Waals surface area contributed by atoms with E-state index in [0.717, 1.165) is 6.26 Å². The molecule has 4 unspecified atom stereocenters. The first-order chi connectivity index (χ1) is 36.5. The average molecular weight is 1130 g/mol. The molecule has 0 saturated carbocycles. The Labute approximate surface area is 461 Å². The van der Waals surface area contributed by atoms with Crippen molar-refractivity contribution in [3.8, 4) is 0 Å². The van der Waals surface area contributed by atoms with Gasteiger partial charge >= 0.3 is 12.1 Å². The summed E-state index contributed by atoms with van der Waals surface area (Å²) in [5, 5.41) is 26.3. The van der Waals surface area contributed by atoms with Crippen LogP contribution in [0.3, 0.4) is 0 Å². The topological polar surface area (TPSA) is 254 Å². The largest absolute Gasteiger partial charge is 0.458 e. The third-order valence-corrected chi connectivity index (χ3v) is 18.2. The molecule has 446 valence electrons. The third-order valence-electron chi connectivity index (χ3n) is 17.0. The SMILES string of the molecule is CC[C@H]1OC(=O)[C@H](C)[C@@H](O[C@H]2CC(C)(OC)[C@@H](O)[C@H](C)O2)[C@H](C)[C@@H](O[C@@H]2O[C@H](C)C[C@H](N(C)CCC(=O)N[C@H](CF)[C@H](OC)c3ccc(S(C)(=O)=O)cc3)[C@H]2O)C(C)(OC)C[C@@H](C)C(=O)[C@H](C)C2N(CCOC)C(=O)OC21C. The predicted octanol–water partition coefficient (Wildman–Crippen LogP) is 4.56. The van der Waals surface area contributed by atoms with E-state index in [-0.39, 0.29) is 56.1 Å². The monoisotopic (exact) mass is 1130 g/mol. The summed E-state index contributed by atoms with van der Waals surface area (Å²) < 4.78 is 101. The van der Waals surface area contributed by atoms with Gasteiger partial charge in [-0.15, -0.1) is 0 Å². The molecule has 0 spiro atoms. The molecular weight excluding hydrogens is 1040 g/mol. The zero-order valence-electron chi connectivity index (χ0n) is 48.6. The van der Waals surface area contributed by atoms with Crippen molar-refractivity contribution < 1.29 is 89.6 Å². The Hall–Kier alpha value is -3.46. The van der Waals surface area contributed by atoms with Crippen LogP contribution >= 0.6 is 0 Å². The quantitative estimate of drug-likeness (QED) is 0.151. The highest BCUT2D eigenvalue weighted by Crippen LogP contribution is 2.45. The smallest absolute Gasteiger partial charge is 0.411 e. The van der Waals surface area contributed by atoms with Gasteiger partial charge in [0.2, 0.25) is 5.91 Å². The van der Waals surface area contributed by atoms with Gasteiger partial charge in [-0.1, -0.05) is 39.8 Å². The minimum absolute atomic E-state index is 0.0399. The Morgan fingerprint density at radius 2 is 1.58 bits per heavy atom. The first-order valence-corrected chi connectivity index (χ1v) is 29.1. The van der Waals surface area contributed by atoms with Crippen molar-refractivity contribution in [1.29, 1.82) is 0 Å². The van der Waals surface area contributed by atoms with Crippen molar-refractivity contribution >= 4 is 33.6 Å². The van der Waals surface area contributed by atoms with Gasteiger partial charge in [0.15, 0.2) is 28.0 Å². The number of hydrogen-bond donors (Lipinski definition) is 3. The van der Waals surface area contributed by atoms with Crippen LogP contribution in [0.1, 0.15) is 113 Å². The van der Waals surface area contributed by atoms with E-state index in [1.165, 1.54) is 57.6 Å². The molecule has 2 amide bonds. The summed E-state index contributed by atoms with van der Waals surface area (Å²) in [4.78, 5) is 60.6. The van der Waals surface area contributed by atoms with Crippen molar-refractivity contribution in [2.75, 3.05) is 68.1 Å². The summed E-state index contributed by atoms with van der Waals surface area (Å²) >= 11 is 0. The fourth-order valence-corrected chi connectivity index (χ4v) is 13.0. The van der Waals surface area contributed by atoms with Crippen LogP contribution in [0.25, 0.3) is 0 Å². The van der Waals surface area contributed by atoms with Crippen molar-refractivity contribution in [3.63, 3.8) is 0 Å². The Bertz CT molecular complexity index is 2290. The van der Waals surface area contributed by atoms with Crippen molar-refractivity contribution in [2.24, 2.45) is 23.7 Å². The van der Waals surface area contributed by atoms with Gasteiger partial charge in [0.05, 0.1) is 65.1 Å². The number of carbonyl (C=O) groups is 4. The number of rotatable bonds is 20. The molecule has 3 N–H and O–H groups in total. The van der Waals surface area contributed by atoms with Gasteiger partial charge in [0.25, 0.3) is 0 Å². The Balaban J connectivity index is 1.50. The number of cyclic esters (lactones) is 1. The molecule has 4 fully saturated rings. The number of benzene rings is 1. The van der Waals surface area contributed by atoms with E-state index in [0.29, 0.717) is 12.0 Å². The number of likely N-dealkylation sites (N-methyl/N-ethyl adjacent to an activating group) is 1. The van der Waals surface area contributed by atoms with E-state index in [2.05, 4.69) is 5.32 Å².